The molecule has 0 spiro atoms. The summed E-state index contributed by atoms with van der Waals surface area (Å²) in [7, 11) is 0. The second-order valence-electron chi connectivity index (χ2n) is 7.52. The molecule has 0 aliphatic heterocycles. The lowest BCUT2D eigenvalue weighted by atomic mass is 9.95. The average molecular weight is 333 g/mol. The first kappa shape index (κ1) is 20.9. The zero-order valence-electron chi connectivity index (χ0n) is 15.9. The molecule has 0 saturated carbocycles. The Labute approximate surface area is 148 Å². The van der Waals surface area contributed by atoms with E-state index in [1.165, 1.54) is 83.6 Å². The lowest BCUT2D eigenvalue weighted by Crippen LogP contribution is -2.31. The van der Waals surface area contributed by atoms with Crippen LogP contribution < -0.4 is 0 Å². The van der Waals surface area contributed by atoms with Gasteiger partial charge >= 0.3 is 0 Å². The van der Waals surface area contributed by atoms with Crippen molar-refractivity contribution in [1.82, 2.24) is 0 Å². The van der Waals surface area contributed by atoms with Crippen molar-refractivity contribution < 1.29 is 9.90 Å². The van der Waals surface area contributed by atoms with E-state index in [4.69, 9.17) is 0 Å². The van der Waals surface area contributed by atoms with Crippen LogP contribution in [-0.4, -0.2) is 16.5 Å². The Hall–Kier alpha value is -1.15. The van der Waals surface area contributed by atoms with Gasteiger partial charge in [-0.2, -0.15) is 0 Å². The molecule has 1 aromatic carbocycles. The van der Waals surface area contributed by atoms with Crippen molar-refractivity contribution in [1.29, 1.82) is 0 Å². The molecule has 2 heteroatoms. The van der Waals surface area contributed by atoms with Crippen molar-refractivity contribution in [3.63, 3.8) is 0 Å². The van der Waals surface area contributed by atoms with Gasteiger partial charge in [0.2, 0.25) is 0 Å². The summed E-state index contributed by atoms with van der Waals surface area (Å²) in [6, 6.07) is 7.72. The Morgan fingerprint density at radius 3 is 1.75 bits per heavy atom. The normalized spacial score (nSPS) is 11.7. The van der Waals surface area contributed by atoms with Crippen LogP contribution in [0.5, 0.6) is 0 Å². The molecule has 0 aliphatic carbocycles. The van der Waals surface area contributed by atoms with Gasteiger partial charge in [-0.05, 0) is 32.3 Å². The summed E-state index contributed by atoms with van der Waals surface area (Å²) in [6.07, 6.45) is 14.6. The number of hydrogen-bond donors (Lipinski definition) is 1. The Bertz CT molecular complexity index is 454. The highest BCUT2D eigenvalue weighted by atomic mass is 16.3. The van der Waals surface area contributed by atoms with Crippen LogP contribution in [0.1, 0.15) is 101 Å². The maximum Gasteiger partial charge on any atom is 0.193 e. The molecule has 136 valence electrons. The van der Waals surface area contributed by atoms with E-state index in [0.29, 0.717) is 5.56 Å². The summed E-state index contributed by atoms with van der Waals surface area (Å²) in [5, 5.41) is 9.76. The standard InChI is InChI=1S/C22H36O2/c1-4-5-6-7-8-9-10-11-12-13-14-19-15-17-20(18-16-19)21(23)22(2,3)24/h15-18,24H,4-14H2,1-3H3. The zero-order chi connectivity index (χ0) is 17.8. The highest BCUT2D eigenvalue weighted by Crippen LogP contribution is 2.16. The van der Waals surface area contributed by atoms with Gasteiger partial charge in [0.25, 0.3) is 0 Å². The van der Waals surface area contributed by atoms with Crippen LogP contribution in [0.3, 0.4) is 0 Å². The first-order valence-corrected chi connectivity index (χ1v) is 9.81. The predicted octanol–water partition coefficient (Wildman–Crippen LogP) is 6.10. The Morgan fingerprint density at radius 1 is 0.833 bits per heavy atom. The minimum absolute atomic E-state index is 0.215. The molecular weight excluding hydrogens is 296 g/mol. The van der Waals surface area contributed by atoms with Crippen LogP contribution in [0.15, 0.2) is 24.3 Å². The fourth-order valence-corrected chi connectivity index (χ4v) is 2.99. The molecule has 1 aromatic rings. The van der Waals surface area contributed by atoms with E-state index in [9.17, 15) is 9.90 Å². The molecule has 0 radical (unpaired) electrons. The Balaban J connectivity index is 2.12. The minimum atomic E-state index is -1.29. The second-order valence-corrected chi connectivity index (χ2v) is 7.52. The molecule has 2 nitrogen and oxygen atoms in total. The third-order valence-electron chi connectivity index (χ3n) is 4.59. The molecule has 0 amide bonds. The summed E-state index contributed by atoms with van der Waals surface area (Å²) >= 11 is 0. The molecule has 0 heterocycles. The number of hydrogen-bond acceptors (Lipinski definition) is 2. The summed E-state index contributed by atoms with van der Waals surface area (Å²) < 4.78 is 0. The summed E-state index contributed by atoms with van der Waals surface area (Å²) in [5.74, 6) is -0.215. The maximum absolute atomic E-state index is 12.0. The van der Waals surface area contributed by atoms with E-state index in [0.717, 1.165) is 6.42 Å². The first-order valence-electron chi connectivity index (χ1n) is 9.81. The van der Waals surface area contributed by atoms with Gasteiger partial charge in [0.1, 0.15) is 5.60 Å². The SMILES string of the molecule is CCCCCCCCCCCCc1ccc(C(=O)C(C)(C)O)cc1. The molecular formula is C22H36O2. The van der Waals surface area contributed by atoms with E-state index in [1.807, 2.05) is 24.3 Å². The van der Waals surface area contributed by atoms with E-state index in [1.54, 1.807) is 0 Å². The van der Waals surface area contributed by atoms with Gasteiger partial charge in [-0.1, -0.05) is 89.0 Å². The maximum atomic E-state index is 12.0. The third kappa shape index (κ3) is 8.63. The van der Waals surface area contributed by atoms with Crippen molar-refractivity contribution in [2.45, 2.75) is 97.0 Å². The Kier molecular flexibility index (Phi) is 9.94. The molecule has 0 atom stereocenters. The smallest absolute Gasteiger partial charge is 0.193 e. The van der Waals surface area contributed by atoms with E-state index in [-0.39, 0.29) is 5.78 Å². The molecule has 0 aliphatic rings. The lowest BCUT2D eigenvalue weighted by Gasteiger charge is -2.15. The van der Waals surface area contributed by atoms with Crippen LogP contribution in [0.2, 0.25) is 0 Å². The zero-order valence-corrected chi connectivity index (χ0v) is 15.9. The fraction of sp³-hybridized carbons (Fsp3) is 0.682. The van der Waals surface area contributed by atoms with Gasteiger partial charge in [0, 0.05) is 5.56 Å². The number of Topliss-reactive ketones (excluding diaryl/α,β-unsaturated/α-hetero) is 1. The van der Waals surface area contributed by atoms with Crippen LogP contribution in [0, 0.1) is 0 Å². The van der Waals surface area contributed by atoms with E-state index in [2.05, 4.69) is 6.92 Å². The molecule has 0 unspecified atom stereocenters. The van der Waals surface area contributed by atoms with Crippen molar-refractivity contribution in [3.8, 4) is 0 Å². The van der Waals surface area contributed by atoms with Gasteiger partial charge < -0.3 is 5.11 Å². The largest absolute Gasteiger partial charge is 0.382 e. The number of carbonyl (C=O) groups is 1. The number of aryl methyl sites for hydroxylation is 1. The molecule has 1 N–H and O–H groups in total. The number of carbonyl (C=O) groups excluding carboxylic acids is 1. The topological polar surface area (TPSA) is 37.3 Å². The van der Waals surface area contributed by atoms with Gasteiger partial charge in [-0.15, -0.1) is 0 Å². The minimum Gasteiger partial charge on any atom is -0.382 e. The quantitative estimate of drug-likeness (QED) is 0.350. The highest BCUT2D eigenvalue weighted by molar-refractivity contribution is 6.01. The number of benzene rings is 1. The van der Waals surface area contributed by atoms with Crippen molar-refractivity contribution >= 4 is 5.78 Å². The fourth-order valence-electron chi connectivity index (χ4n) is 2.99. The van der Waals surface area contributed by atoms with Gasteiger partial charge in [0.15, 0.2) is 5.78 Å². The van der Waals surface area contributed by atoms with Gasteiger partial charge in [-0.3, -0.25) is 4.79 Å². The third-order valence-corrected chi connectivity index (χ3v) is 4.59. The first-order chi connectivity index (χ1) is 11.4. The summed E-state index contributed by atoms with van der Waals surface area (Å²) in [5.41, 5.74) is 0.578. The van der Waals surface area contributed by atoms with Crippen molar-refractivity contribution in [3.05, 3.63) is 35.4 Å². The van der Waals surface area contributed by atoms with E-state index >= 15 is 0 Å². The number of aliphatic hydroxyl groups is 1. The van der Waals surface area contributed by atoms with Crippen molar-refractivity contribution in [2.75, 3.05) is 0 Å². The summed E-state index contributed by atoms with van der Waals surface area (Å²) in [6.45, 7) is 5.33. The molecule has 24 heavy (non-hydrogen) atoms. The number of ketones is 1. The average Bonchev–Trinajstić information content (AvgIpc) is 2.55. The van der Waals surface area contributed by atoms with Crippen LogP contribution in [-0.2, 0) is 6.42 Å². The Morgan fingerprint density at radius 2 is 1.29 bits per heavy atom. The lowest BCUT2D eigenvalue weighted by molar-refractivity contribution is 0.0488. The predicted molar refractivity (Wildman–Crippen MR) is 103 cm³/mol. The van der Waals surface area contributed by atoms with Crippen molar-refractivity contribution in [2.24, 2.45) is 0 Å². The number of unbranched alkanes of at least 4 members (excludes halogenated alkanes) is 9. The van der Waals surface area contributed by atoms with Gasteiger partial charge in [-0.25, -0.2) is 0 Å². The monoisotopic (exact) mass is 332 g/mol. The van der Waals surface area contributed by atoms with Crippen LogP contribution in [0.4, 0.5) is 0 Å². The molecule has 0 fully saturated rings. The molecule has 1 rings (SSSR count). The van der Waals surface area contributed by atoms with E-state index < -0.39 is 5.60 Å². The van der Waals surface area contributed by atoms with Crippen LogP contribution >= 0.6 is 0 Å². The second kappa shape index (κ2) is 11.4. The summed E-state index contributed by atoms with van der Waals surface area (Å²) in [4.78, 5) is 12.0. The van der Waals surface area contributed by atoms with Crippen LogP contribution in [0.25, 0.3) is 0 Å². The highest BCUT2D eigenvalue weighted by Gasteiger charge is 2.24. The molecule has 0 aromatic heterocycles. The number of rotatable bonds is 13. The van der Waals surface area contributed by atoms with Gasteiger partial charge in [0.05, 0.1) is 0 Å². The molecule has 0 bridgehead atoms. The molecule has 0 saturated heterocycles.